The molecule has 0 spiro atoms. The van der Waals surface area contributed by atoms with E-state index in [0.717, 1.165) is 0 Å². The van der Waals surface area contributed by atoms with E-state index in [-0.39, 0.29) is 10.3 Å². The van der Waals surface area contributed by atoms with Gasteiger partial charge in [0.2, 0.25) is 10.0 Å². The minimum atomic E-state index is -3.59. The summed E-state index contributed by atoms with van der Waals surface area (Å²) in [4.78, 5) is 0.162. The van der Waals surface area contributed by atoms with Crippen LogP contribution in [0.2, 0.25) is 5.02 Å². The molecule has 0 aliphatic rings. The van der Waals surface area contributed by atoms with E-state index in [0.29, 0.717) is 22.6 Å². The molecule has 4 nitrogen and oxygen atoms in total. The van der Waals surface area contributed by atoms with Crippen molar-refractivity contribution in [3.8, 4) is 0 Å². The molecule has 2 N–H and O–H groups in total. The predicted molar refractivity (Wildman–Crippen MR) is 81.8 cm³/mol. The first kappa shape index (κ1) is 16.9. The van der Waals surface area contributed by atoms with Crippen LogP contribution in [-0.2, 0) is 10.0 Å². The SMILES string of the molecule is CN(CC(C)(C)CN)S(=O)(=O)c1cccc(Cl)c1Br. The molecule has 108 valence electrons. The fourth-order valence-electron chi connectivity index (χ4n) is 1.60. The zero-order valence-corrected chi connectivity index (χ0v) is 14.3. The van der Waals surface area contributed by atoms with Gasteiger partial charge in [-0.2, -0.15) is 0 Å². The van der Waals surface area contributed by atoms with Crippen molar-refractivity contribution in [2.75, 3.05) is 20.1 Å². The maximum Gasteiger partial charge on any atom is 0.244 e. The van der Waals surface area contributed by atoms with Crippen molar-refractivity contribution in [3.05, 3.63) is 27.7 Å². The van der Waals surface area contributed by atoms with Crippen LogP contribution in [0.25, 0.3) is 0 Å². The van der Waals surface area contributed by atoms with Crippen LogP contribution in [0.3, 0.4) is 0 Å². The first-order valence-corrected chi connectivity index (χ1v) is 8.33. The highest BCUT2D eigenvalue weighted by molar-refractivity contribution is 9.10. The Labute approximate surface area is 128 Å². The van der Waals surface area contributed by atoms with E-state index >= 15 is 0 Å². The number of hydrogen-bond acceptors (Lipinski definition) is 3. The normalized spacial score (nSPS) is 13.0. The van der Waals surface area contributed by atoms with Crippen molar-refractivity contribution in [1.82, 2.24) is 4.31 Å². The third-order valence-corrected chi connectivity index (χ3v) is 6.31. The highest BCUT2D eigenvalue weighted by Gasteiger charge is 2.29. The Morgan fingerprint density at radius 2 is 2.00 bits per heavy atom. The average Bonchev–Trinajstić information content (AvgIpc) is 2.31. The Morgan fingerprint density at radius 3 is 2.53 bits per heavy atom. The van der Waals surface area contributed by atoms with Gasteiger partial charge in [0.15, 0.2) is 0 Å². The molecule has 0 saturated carbocycles. The summed E-state index contributed by atoms with van der Waals surface area (Å²) in [7, 11) is -2.05. The monoisotopic (exact) mass is 368 g/mol. The van der Waals surface area contributed by atoms with Crippen molar-refractivity contribution in [3.63, 3.8) is 0 Å². The molecule has 0 amide bonds. The number of nitrogens with zero attached hydrogens (tertiary/aromatic N) is 1. The molecule has 0 radical (unpaired) electrons. The molecular weight excluding hydrogens is 352 g/mol. The maximum absolute atomic E-state index is 12.5. The van der Waals surface area contributed by atoms with Gasteiger partial charge in [0.25, 0.3) is 0 Å². The van der Waals surface area contributed by atoms with Crippen LogP contribution in [0, 0.1) is 5.41 Å². The van der Waals surface area contributed by atoms with E-state index in [1.807, 2.05) is 13.8 Å². The van der Waals surface area contributed by atoms with Crippen LogP contribution in [0.1, 0.15) is 13.8 Å². The summed E-state index contributed by atoms with van der Waals surface area (Å²) in [6, 6.07) is 4.77. The van der Waals surface area contributed by atoms with Gasteiger partial charge in [-0.25, -0.2) is 12.7 Å². The van der Waals surface area contributed by atoms with E-state index in [4.69, 9.17) is 17.3 Å². The Hall–Kier alpha value is -0.140. The van der Waals surface area contributed by atoms with E-state index in [9.17, 15) is 8.42 Å². The lowest BCUT2D eigenvalue weighted by Gasteiger charge is -2.28. The largest absolute Gasteiger partial charge is 0.330 e. The lowest BCUT2D eigenvalue weighted by Crippen LogP contribution is -2.39. The Kier molecular flexibility index (Phi) is 5.43. The molecule has 0 atom stereocenters. The zero-order valence-electron chi connectivity index (χ0n) is 11.2. The molecule has 1 rings (SSSR count). The molecular formula is C12H18BrClN2O2S. The molecule has 0 aliphatic carbocycles. The van der Waals surface area contributed by atoms with Crippen molar-refractivity contribution >= 4 is 37.6 Å². The summed E-state index contributed by atoms with van der Waals surface area (Å²) < 4.78 is 26.7. The van der Waals surface area contributed by atoms with Crippen molar-refractivity contribution in [2.24, 2.45) is 11.1 Å². The fourth-order valence-corrected chi connectivity index (χ4v) is 4.15. The van der Waals surface area contributed by atoms with Gasteiger partial charge in [-0.3, -0.25) is 0 Å². The highest BCUT2D eigenvalue weighted by atomic mass is 79.9. The molecule has 0 fully saturated rings. The Morgan fingerprint density at radius 1 is 1.42 bits per heavy atom. The summed E-state index contributed by atoms with van der Waals surface area (Å²) >= 11 is 9.15. The summed E-state index contributed by atoms with van der Waals surface area (Å²) in [6.07, 6.45) is 0. The molecule has 1 aromatic carbocycles. The van der Waals surface area contributed by atoms with E-state index in [1.165, 1.54) is 10.4 Å². The highest BCUT2D eigenvalue weighted by Crippen LogP contribution is 2.31. The van der Waals surface area contributed by atoms with Gasteiger partial charge in [0.05, 0.1) is 14.4 Å². The quantitative estimate of drug-likeness (QED) is 0.868. The standard InChI is InChI=1S/C12H18BrClN2O2S/c1-12(2,7-15)8-16(3)19(17,18)10-6-4-5-9(14)11(10)13/h4-6H,7-8,15H2,1-3H3. The molecule has 0 saturated heterocycles. The first-order valence-electron chi connectivity index (χ1n) is 5.72. The second kappa shape index (κ2) is 6.10. The zero-order chi connectivity index (χ0) is 14.8. The van der Waals surface area contributed by atoms with Crippen molar-refractivity contribution in [2.45, 2.75) is 18.7 Å². The Balaban J connectivity index is 3.14. The summed E-state index contributed by atoms with van der Waals surface area (Å²) in [5.74, 6) is 0. The first-order chi connectivity index (χ1) is 8.62. The number of hydrogen-bond donors (Lipinski definition) is 1. The molecule has 19 heavy (non-hydrogen) atoms. The van der Waals surface area contributed by atoms with E-state index in [2.05, 4.69) is 15.9 Å². The molecule has 1 aromatic rings. The predicted octanol–water partition coefficient (Wildman–Crippen LogP) is 2.71. The van der Waals surface area contributed by atoms with Crippen LogP contribution in [-0.4, -0.2) is 32.9 Å². The van der Waals surface area contributed by atoms with Crippen LogP contribution in [0.4, 0.5) is 0 Å². The summed E-state index contributed by atoms with van der Waals surface area (Å²) in [5, 5.41) is 0.368. The number of nitrogens with two attached hydrogens (primary N) is 1. The van der Waals surface area contributed by atoms with Gasteiger partial charge in [-0.05, 0) is 40.0 Å². The van der Waals surface area contributed by atoms with Crippen molar-refractivity contribution < 1.29 is 8.42 Å². The van der Waals surface area contributed by atoms with Gasteiger partial charge in [-0.1, -0.05) is 31.5 Å². The number of benzene rings is 1. The Bertz CT molecular complexity index is 561. The molecule has 0 aliphatic heterocycles. The number of sulfonamides is 1. The van der Waals surface area contributed by atoms with Gasteiger partial charge in [0.1, 0.15) is 0 Å². The van der Waals surface area contributed by atoms with Crippen LogP contribution in [0.5, 0.6) is 0 Å². The lowest BCUT2D eigenvalue weighted by molar-refractivity contribution is 0.292. The third-order valence-electron chi connectivity index (χ3n) is 2.81. The topological polar surface area (TPSA) is 63.4 Å². The molecule has 0 bridgehead atoms. The number of rotatable bonds is 5. The molecule has 0 heterocycles. The lowest BCUT2D eigenvalue weighted by atomic mass is 9.94. The molecule has 7 heteroatoms. The van der Waals surface area contributed by atoms with Gasteiger partial charge >= 0.3 is 0 Å². The molecule has 0 unspecified atom stereocenters. The third kappa shape index (κ3) is 3.92. The summed E-state index contributed by atoms with van der Waals surface area (Å²) in [6.45, 7) is 4.59. The van der Waals surface area contributed by atoms with Crippen LogP contribution < -0.4 is 5.73 Å². The van der Waals surface area contributed by atoms with Gasteiger partial charge in [0, 0.05) is 13.6 Å². The van der Waals surface area contributed by atoms with Crippen molar-refractivity contribution in [1.29, 1.82) is 0 Å². The average molecular weight is 370 g/mol. The minimum Gasteiger partial charge on any atom is -0.330 e. The fraction of sp³-hybridized carbons (Fsp3) is 0.500. The second-order valence-corrected chi connectivity index (χ2v) is 8.39. The van der Waals surface area contributed by atoms with E-state index in [1.54, 1.807) is 19.2 Å². The smallest absolute Gasteiger partial charge is 0.244 e. The maximum atomic E-state index is 12.5. The van der Waals surface area contributed by atoms with E-state index < -0.39 is 10.0 Å². The van der Waals surface area contributed by atoms with Crippen LogP contribution >= 0.6 is 27.5 Å². The van der Waals surface area contributed by atoms with Gasteiger partial charge < -0.3 is 5.73 Å². The van der Waals surface area contributed by atoms with Crippen LogP contribution in [0.15, 0.2) is 27.6 Å². The number of halogens is 2. The second-order valence-electron chi connectivity index (χ2n) is 5.18. The van der Waals surface area contributed by atoms with Gasteiger partial charge in [-0.15, -0.1) is 0 Å². The minimum absolute atomic E-state index is 0.162. The molecule has 0 aromatic heterocycles. The summed E-state index contributed by atoms with van der Waals surface area (Å²) in [5.41, 5.74) is 5.35.